The maximum Gasteiger partial charge on any atom is 0.411 e. The number of fused-ring (bicyclic) bond motifs is 1. The number of esters is 1. The van der Waals surface area contributed by atoms with Crippen LogP contribution in [0.25, 0.3) is 10.9 Å². The highest BCUT2D eigenvalue weighted by atomic mass is 35.5. The summed E-state index contributed by atoms with van der Waals surface area (Å²) in [6, 6.07) is 6.75. The zero-order chi connectivity index (χ0) is 31.1. The van der Waals surface area contributed by atoms with E-state index in [4.69, 9.17) is 39.5 Å². The maximum absolute atomic E-state index is 13.8. The van der Waals surface area contributed by atoms with E-state index in [0.29, 0.717) is 10.4 Å². The van der Waals surface area contributed by atoms with E-state index < -0.39 is 50.9 Å². The number of ketones is 1. The van der Waals surface area contributed by atoms with Crippen molar-refractivity contribution in [2.75, 3.05) is 12.9 Å². The smallest absolute Gasteiger partial charge is 0.403 e. The lowest BCUT2D eigenvalue weighted by Crippen LogP contribution is -2.18. The quantitative estimate of drug-likeness (QED) is 0.162. The van der Waals surface area contributed by atoms with Gasteiger partial charge in [0.05, 0.1) is 37.8 Å². The number of pyridine rings is 1. The first kappa shape index (κ1) is 31.7. The minimum Gasteiger partial charge on any atom is -0.403 e. The molecule has 2 heterocycles. The van der Waals surface area contributed by atoms with E-state index in [0.717, 1.165) is 23.1 Å². The van der Waals surface area contributed by atoms with Crippen molar-refractivity contribution in [1.29, 1.82) is 0 Å². The number of sulfone groups is 1. The van der Waals surface area contributed by atoms with Gasteiger partial charge in [0.2, 0.25) is 11.7 Å². The first-order valence-electron chi connectivity index (χ1n) is 11.7. The number of hydrogen-bond acceptors (Lipinski definition) is 8. The molecule has 0 unspecified atom stereocenters. The second kappa shape index (κ2) is 11.8. The summed E-state index contributed by atoms with van der Waals surface area (Å²) in [7, 11) is -2.58. The molecule has 222 valence electrons. The van der Waals surface area contributed by atoms with Crippen LogP contribution in [0.5, 0.6) is 5.88 Å². The monoisotopic (exact) mass is 663 g/mol. The van der Waals surface area contributed by atoms with Crippen molar-refractivity contribution >= 4 is 67.3 Å². The summed E-state index contributed by atoms with van der Waals surface area (Å²) in [5.74, 6) is -2.13. The number of aromatic nitrogens is 3. The zero-order valence-electron chi connectivity index (χ0n) is 21.8. The van der Waals surface area contributed by atoms with Gasteiger partial charge < -0.3 is 9.47 Å². The summed E-state index contributed by atoms with van der Waals surface area (Å²) in [4.78, 5) is 30.9. The van der Waals surface area contributed by atoms with Crippen LogP contribution in [0.1, 0.15) is 37.5 Å². The van der Waals surface area contributed by atoms with Crippen molar-refractivity contribution < 1.29 is 40.7 Å². The molecule has 0 atom stereocenters. The number of benzene rings is 2. The Balaban J connectivity index is 1.77. The van der Waals surface area contributed by atoms with Gasteiger partial charge in [-0.15, -0.1) is 0 Å². The van der Waals surface area contributed by atoms with Gasteiger partial charge in [0.25, 0.3) is 0 Å². The molecule has 9 nitrogen and oxygen atoms in total. The fraction of sp³-hybridized carbons (Fsp3) is 0.231. The van der Waals surface area contributed by atoms with Crippen molar-refractivity contribution in [3.05, 3.63) is 79.5 Å². The van der Waals surface area contributed by atoms with E-state index in [9.17, 15) is 31.2 Å². The summed E-state index contributed by atoms with van der Waals surface area (Å²) in [6.07, 6.45) is -2.54. The Morgan fingerprint density at radius 1 is 1.07 bits per heavy atom. The van der Waals surface area contributed by atoms with Crippen LogP contribution in [-0.4, -0.2) is 54.0 Å². The summed E-state index contributed by atoms with van der Waals surface area (Å²) in [5.41, 5.74) is -0.662. The first-order valence-corrected chi connectivity index (χ1v) is 14.7. The van der Waals surface area contributed by atoms with Gasteiger partial charge in [-0.3, -0.25) is 9.78 Å². The molecule has 0 aliphatic rings. The number of carbonyl (C=O) groups excluding carboxylic acids is 2. The van der Waals surface area contributed by atoms with E-state index in [1.165, 1.54) is 26.2 Å². The van der Waals surface area contributed by atoms with Crippen LogP contribution in [0.2, 0.25) is 15.1 Å². The molecule has 4 rings (SSSR count). The van der Waals surface area contributed by atoms with E-state index in [1.54, 1.807) is 12.1 Å². The van der Waals surface area contributed by atoms with Crippen molar-refractivity contribution in [3.8, 4) is 5.88 Å². The van der Waals surface area contributed by atoms with E-state index in [1.807, 2.05) is 0 Å². The fourth-order valence-electron chi connectivity index (χ4n) is 4.16. The average molecular weight is 665 g/mol. The van der Waals surface area contributed by atoms with Crippen molar-refractivity contribution in [2.24, 2.45) is 7.05 Å². The SMILES string of the molecule is Cc1nn(C)c(OC(=O)c2c(Cl)ccc3cc(Cl)cnc23)c1C(=O)c1ccc(S(C)(=O)=O)c(COCC(F)(F)F)c1Cl. The van der Waals surface area contributed by atoms with Crippen LogP contribution in [0.4, 0.5) is 13.2 Å². The molecule has 0 radical (unpaired) electrons. The van der Waals surface area contributed by atoms with Crippen LogP contribution in [-0.2, 0) is 28.2 Å². The standard InChI is InChI=1S/C26H19Cl3F3N3O6S/c1-12-19(23(36)15-5-7-18(42(3,38)39)16(21(15)29)10-40-11-26(30,31)32)24(35(2)34-12)41-25(37)20-17(28)6-4-13-8-14(27)9-33-22(13)20/h4-9H,10-11H2,1-3H3. The molecule has 0 saturated carbocycles. The van der Waals surface area contributed by atoms with Crippen LogP contribution in [0.15, 0.2) is 41.4 Å². The Morgan fingerprint density at radius 2 is 1.76 bits per heavy atom. The largest absolute Gasteiger partial charge is 0.411 e. The Kier molecular flexibility index (Phi) is 8.91. The lowest BCUT2D eigenvalue weighted by molar-refractivity contribution is -0.176. The normalized spacial score (nSPS) is 12.1. The van der Waals surface area contributed by atoms with E-state index in [2.05, 4.69) is 14.8 Å². The van der Waals surface area contributed by atoms with Crippen LogP contribution in [0.3, 0.4) is 0 Å². The molecule has 0 saturated heterocycles. The molecule has 0 N–H and O–H groups in total. The molecular formula is C26H19Cl3F3N3O6S. The van der Waals surface area contributed by atoms with Crippen LogP contribution in [0, 0.1) is 6.92 Å². The zero-order valence-corrected chi connectivity index (χ0v) is 24.9. The molecular weight excluding hydrogens is 646 g/mol. The van der Waals surface area contributed by atoms with Gasteiger partial charge in [-0.2, -0.15) is 18.3 Å². The second-order valence-electron chi connectivity index (χ2n) is 9.04. The molecule has 0 amide bonds. The third-order valence-electron chi connectivity index (χ3n) is 5.92. The minimum absolute atomic E-state index is 0.0111. The number of aryl methyl sites for hydroxylation is 2. The number of ether oxygens (including phenoxy) is 2. The van der Waals surface area contributed by atoms with Crippen molar-refractivity contribution in [2.45, 2.75) is 24.6 Å². The summed E-state index contributed by atoms with van der Waals surface area (Å²) < 4.78 is 74.0. The first-order chi connectivity index (χ1) is 19.5. The molecule has 2 aromatic heterocycles. The predicted octanol–water partition coefficient (Wildman–Crippen LogP) is 6.17. The maximum atomic E-state index is 13.8. The second-order valence-corrected chi connectivity index (χ2v) is 12.2. The van der Waals surface area contributed by atoms with Crippen LogP contribution >= 0.6 is 34.8 Å². The van der Waals surface area contributed by atoms with Crippen LogP contribution < -0.4 is 4.74 Å². The molecule has 0 fully saturated rings. The third-order valence-corrected chi connectivity index (χ3v) is 8.05. The highest BCUT2D eigenvalue weighted by Gasteiger charge is 2.31. The molecule has 0 aliphatic carbocycles. The number of alkyl halides is 3. The molecule has 16 heteroatoms. The topological polar surface area (TPSA) is 117 Å². The Labute approximate surface area is 252 Å². The molecule has 0 aliphatic heterocycles. The average Bonchev–Trinajstić information content (AvgIpc) is 3.15. The summed E-state index contributed by atoms with van der Waals surface area (Å²) in [6.45, 7) is -1.08. The number of nitrogens with zero attached hydrogens (tertiary/aromatic N) is 3. The minimum atomic E-state index is -4.69. The summed E-state index contributed by atoms with van der Waals surface area (Å²) in [5, 5.41) is 4.52. The number of halogens is 6. The Morgan fingerprint density at radius 3 is 2.40 bits per heavy atom. The van der Waals surface area contributed by atoms with E-state index in [-0.39, 0.29) is 44.4 Å². The van der Waals surface area contributed by atoms with Crippen molar-refractivity contribution in [1.82, 2.24) is 14.8 Å². The van der Waals surface area contributed by atoms with Gasteiger partial charge in [0.15, 0.2) is 9.84 Å². The predicted molar refractivity (Wildman–Crippen MR) is 148 cm³/mol. The highest BCUT2D eigenvalue weighted by molar-refractivity contribution is 7.90. The third kappa shape index (κ3) is 6.55. The van der Waals surface area contributed by atoms with E-state index >= 15 is 0 Å². The van der Waals surface area contributed by atoms with Gasteiger partial charge in [-0.25, -0.2) is 17.9 Å². The Hall–Kier alpha value is -3.23. The fourth-order valence-corrected chi connectivity index (χ4v) is 5.84. The molecule has 2 aromatic carbocycles. The number of carbonyl (C=O) groups is 2. The number of hydrogen-bond donors (Lipinski definition) is 0. The summed E-state index contributed by atoms with van der Waals surface area (Å²) >= 11 is 18.7. The lowest BCUT2D eigenvalue weighted by Gasteiger charge is -2.15. The van der Waals surface area contributed by atoms with Gasteiger partial charge >= 0.3 is 12.1 Å². The molecule has 0 bridgehead atoms. The van der Waals surface area contributed by atoms with Gasteiger partial charge in [0.1, 0.15) is 17.7 Å². The molecule has 0 spiro atoms. The highest BCUT2D eigenvalue weighted by Crippen LogP contribution is 2.34. The van der Waals surface area contributed by atoms with Gasteiger partial charge in [-0.05, 0) is 31.2 Å². The van der Waals surface area contributed by atoms with Crippen molar-refractivity contribution in [3.63, 3.8) is 0 Å². The van der Waals surface area contributed by atoms with Gasteiger partial charge in [0, 0.05) is 36.0 Å². The molecule has 42 heavy (non-hydrogen) atoms. The number of rotatable bonds is 8. The lowest BCUT2D eigenvalue weighted by atomic mass is 10.0. The Bertz CT molecular complexity index is 1860. The molecule has 4 aromatic rings. The van der Waals surface area contributed by atoms with Gasteiger partial charge in [-0.1, -0.05) is 40.9 Å².